The van der Waals surface area contributed by atoms with Crippen LogP contribution in [0, 0.1) is 18.2 Å². The third kappa shape index (κ3) is 6.07. The van der Waals surface area contributed by atoms with Crippen LogP contribution < -0.4 is 5.32 Å². The fourth-order valence-electron chi connectivity index (χ4n) is 4.71. The number of ether oxygens (including phenoxy) is 1. The van der Waals surface area contributed by atoms with Crippen LogP contribution in [0.4, 0.5) is 9.18 Å². The Kier molecular flexibility index (Phi) is 8.38. The zero-order chi connectivity index (χ0) is 26.4. The number of carbonyl (C=O) groups excluding carboxylic acids is 3. The maximum atomic E-state index is 13.6. The molecule has 4 amide bonds. The zero-order valence-electron chi connectivity index (χ0n) is 20.7. The summed E-state index contributed by atoms with van der Waals surface area (Å²) < 4.78 is 18.6. The molecule has 4 rings (SSSR count). The lowest BCUT2D eigenvalue weighted by molar-refractivity contribution is -0.187. The molecule has 0 bridgehead atoms. The van der Waals surface area contributed by atoms with Gasteiger partial charge in [-0.3, -0.25) is 9.59 Å². The van der Waals surface area contributed by atoms with E-state index in [-0.39, 0.29) is 57.0 Å². The Hall–Kier alpha value is -3.94. The van der Waals surface area contributed by atoms with Gasteiger partial charge in [-0.2, -0.15) is 0 Å². The second-order valence-electron chi connectivity index (χ2n) is 8.97. The standard InChI is InChI=1S/C27H30FN5O4/c1-3-14-37-15-13-31-18-24-32(23(26(31)35)16-20-7-5-4-6-8-20)25(34)19-30(2)33(24)27(36)29-17-21-9-11-22(28)12-10-21/h1,4-12,23-24H,13-19H2,2H3,(H,29,36)/t23-,24-/m0/s1. The molecule has 2 aliphatic heterocycles. The lowest BCUT2D eigenvalue weighted by atomic mass is 9.99. The zero-order valence-corrected chi connectivity index (χ0v) is 20.7. The number of halogens is 1. The number of hydrazine groups is 1. The number of rotatable bonds is 8. The van der Waals surface area contributed by atoms with Gasteiger partial charge in [0.2, 0.25) is 11.8 Å². The van der Waals surface area contributed by atoms with Crippen molar-refractivity contribution in [3.63, 3.8) is 0 Å². The van der Waals surface area contributed by atoms with Crippen molar-refractivity contribution in [2.45, 2.75) is 25.2 Å². The van der Waals surface area contributed by atoms with Crippen molar-refractivity contribution in [2.24, 2.45) is 0 Å². The molecule has 2 aromatic rings. The number of terminal acetylenes is 1. The van der Waals surface area contributed by atoms with Crippen molar-refractivity contribution in [3.05, 3.63) is 71.5 Å². The summed E-state index contributed by atoms with van der Waals surface area (Å²) in [5.41, 5.74) is 1.64. The molecule has 0 spiro atoms. The molecular weight excluding hydrogens is 477 g/mol. The van der Waals surface area contributed by atoms with Crippen LogP contribution >= 0.6 is 0 Å². The number of benzene rings is 2. The Balaban J connectivity index is 1.58. The second kappa shape index (κ2) is 11.9. The quantitative estimate of drug-likeness (QED) is 0.432. The first-order valence-electron chi connectivity index (χ1n) is 12.1. The van der Waals surface area contributed by atoms with Crippen molar-refractivity contribution in [2.75, 3.05) is 39.9 Å². The molecule has 2 fully saturated rings. The van der Waals surface area contributed by atoms with Crippen molar-refractivity contribution >= 4 is 17.8 Å². The minimum absolute atomic E-state index is 0.0513. The highest BCUT2D eigenvalue weighted by atomic mass is 19.1. The van der Waals surface area contributed by atoms with Crippen LogP contribution in [0.25, 0.3) is 0 Å². The molecule has 1 N–H and O–H groups in total. The number of hydrogen-bond acceptors (Lipinski definition) is 5. The van der Waals surface area contributed by atoms with Crippen LogP contribution in [0.2, 0.25) is 0 Å². The SMILES string of the molecule is C#CCOCCN1C[C@H]2N(C(=O)CN(C)N2C(=O)NCc2ccc(F)cc2)[C@@H](Cc2ccccc2)C1=O. The number of likely N-dealkylation sites (N-methyl/N-ethyl adjacent to an activating group) is 1. The fraction of sp³-hybridized carbons (Fsp3) is 0.370. The Labute approximate surface area is 215 Å². The number of amides is 4. The molecule has 0 unspecified atom stereocenters. The normalized spacial score (nSPS) is 20.0. The fourth-order valence-corrected chi connectivity index (χ4v) is 4.71. The molecule has 2 aromatic carbocycles. The topological polar surface area (TPSA) is 85.4 Å². The molecule has 2 heterocycles. The first kappa shape index (κ1) is 26.1. The predicted molar refractivity (Wildman–Crippen MR) is 134 cm³/mol. The van der Waals surface area contributed by atoms with Crippen molar-refractivity contribution < 1.29 is 23.5 Å². The van der Waals surface area contributed by atoms with Gasteiger partial charge in [-0.05, 0) is 23.3 Å². The smallest absolute Gasteiger partial charge is 0.334 e. The first-order chi connectivity index (χ1) is 17.9. The Morgan fingerprint density at radius 2 is 1.86 bits per heavy atom. The van der Waals surface area contributed by atoms with Gasteiger partial charge in [0.25, 0.3) is 0 Å². The van der Waals surface area contributed by atoms with Gasteiger partial charge in [-0.25, -0.2) is 19.2 Å². The van der Waals surface area contributed by atoms with Crippen LogP contribution in [0.1, 0.15) is 11.1 Å². The number of urea groups is 1. The van der Waals surface area contributed by atoms with E-state index in [4.69, 9.17) is 11.2 Å². The molecule has 37 heavy (non-hydrogen) atoms. The van der Waals surface area contributed by atoms with Crippen molar-refractivity contribution in [3.8, 4) is 12.3 Å². The van der Waals surface area contributed by atoms with Gasteiger partial charge < -0.3 is 19.9 Å². The summed E-state index contributed by atoms with van der Waals surface area (Å²) >= 11 is 0. The molecule has 2 aliphatic rings. The van der Waals surface area contributed by atoms with Gasteiger partial charge in [0.15, 0.2) is 0 Å². The van der Waals surface area contributed by atoms with Gasteiger partial charge in [0.05, 0.1) is 19.7 Å². The molecule has 194 valence electrons. The molecule has 9 nitrogen and oxygen atoms in total. The average Bonchev–Trinajstić information content (AvgIpc) is 2.89. The lowest BCUT2D eigenvalue weighted by Crippen LogP contribution is -2.76. The lowest BCUT2D eigenvalue weighted by Gasteiger charge is -2.54. The summed E-state index contributed by atoms with van der Waals surface area (Å²) in [6.45, 7) is 0.901. The average molecular weight is 508 g/mol. The van der Waals surface area contributed by atoms with E-state index < -0.39 is 18.2 Å². The maximum Gasteiger partial charge on any atom is 0.334 e. The second-order valence-corrected chi connectivity index (χ2v) is 8.97. The van der Waals surface area contributed by atoms with Gasteiger partial charge in [0, 0.05) is 26.6 Å². The summed E-state index contributed by atoms with van der Waals surface area (Å²) in [5, 5.41) is 5.89. The van der Waals surface area contributed by atoms with Crippen molar-refractivity contribution in [1.82, 2.24) is 25.1 Å². The number of piperazine rings is 1. The maximum absolute atomic E-state index is 13.6. The number of nitrogens with one attached hydrogen (secondary N) is 1. The summed E-state index contributed by atoms with van der Waals surface area (Å²) in [7, 11) is 1.66. The van der Waals surface area contributed by atoms with Gasteiger partial charge >= 0.3 is 6.03 Å². The Bertz CT molecular complexity index is 1150. The molecule has 2 saturated heterocycles. The van der Waals surface area contributed by atoms with Crippen LogP contribution in [-0.2, 0) is 27.3 Å². The largest absolute Gasteiger partial charge is 0.367 e. The predicted octanol–water partition coefficient (Wildman–Crippen LogP) is 1.46. The van der Waals surface area contributed by atoms with E-state index in [1.54, 1.807) is 29.1 Å². The summed E-state index contributed by atoms with van der Waals surface area (Å²) in [5.74, 6) is 1.61. The van der Waals surface area contributed by atoms with E-state index in [9.17, 15) is 18.8 Å². The number of hydrogen-bond donors (Lipinski definition) is 1. The number of carbonyl (C=O) groups is 3. The minimum atomic E-state index is -0.776. The summed E-state index contributed by atoms with van der Waals surface area (Å²) in [4.78, 5) is 43.3. The number of fused-ring (bicyclic) bond motifs is 1. The van der Waals surface area contributed by atoms with E-state index in [1.165, 1.54) is 22.0 Å². The third-order valence-electron chi connectivity index (χ3n) is 6.47. The summed E-state index contributed by atoms with van der Waals surface area (Å²) in [6.07, 6.45) is 4.86. The Morgan fingerprint density at radius 1 is 1.14 bits per heavy atom. The van der Waals surface area contributed by atoms with Gasteiger partial charge in [-0.1, -0.05) is 48.4 Å². The molecule has 10 heteroatoms. The highest BCUT2D eigenvalue weighted by Gasteiger charge is 2.50. The van der Waals surface area contributed by atoms with Crippen LogP contribution in [0.15, 0.2) is 54.6 Å². The monoisotopic (exact) mass is 507 g/mol. The van der Waals surface area contributed by atoms with E-state index in [0.717, 1.165) is 11.1 Å². The van der Waals surface area contributed by atoms with Crippen LogP contribution in [-0.4, -0.2) is 89.8 Å². The molecule has 0 aliphatic carbocycles. The van der Waals surface area contributed by atoms with Gasteiger partial charge in [-0.15, -0.1) is 6.42 Å². The van der Waals surface area contributed by atoms with E-state index in [2.05, 4.69) is 11.2 Å². The molecule has 0 aromatic heterocycles. The molecule has 0 radical (unpaired) electrons. The van der Waals surface area contributed by atoms with Crippen molar-refractivity contribution in [1.29, 1.82) is 0 Å². The minimum Gasteiger partial charge on any atom is -0.367 e. The highest BCUT2D eigenvalue weighted by Crippen LogP contribution is 2.27. The molecular formula is C27H30FN5O4. The third-order valence-corrected chi connectivity index (χ3v) is 6.47. The van der Waals surface area contributed by atoms with Gasteiger partial charge in [0.1, 0.15) is 24.6 Å². The van der Waals surface area contributed by atoms with Crippen LogP contribution in [0.3, 0.4) is 0 Å². The molecule has 2 atom stereocenters. The van der Waals surface area contributed by atoms with E-state index in [0.29, 0.717) is 6.42 Å². The van der Waals surface area contributed by atoms with Crippen LogP contribution in [0.5, 0.6) is 0 Å². The molecule has 0 saturated carbocycles. The summed E-state index contributed by atoms with van der Waals surface area (Å²) in [6, 6.07) is 14.1. The van der Waals surface area contributed by atoms with E-state index >= 15 is 0 Å². The Morgan fingerprint density at radius 3 is 2.57 bits per heavy atom. The number of nitrogens with zero attached hydrogens (tertiary/aromatic N) is 4. The highest BCUT2D eigenvalue weighted by molar-refractivity contribution is 5.91. The first-order valence-corrected chi connectivity index (χ1v) is 12.1. The van der Waals surface area contributed by atoms with E-state index in [1.807, 2.05) is 30.3 Å².